The van der Waals surface area contributed by atoms with Crippen molar-refractivity contribution in [2.24, 2.45) is 5.41 Å². The number of halogens is 1. The number of nitrogens with one attached hydrogen (secondary N) is 3. The standard InChI is InChI=1S/C57H68FN7O13S2/c1-36(38-11-13-40(14-12-38)50-37(2)60-35-80-50)61-52(69)45-31-43(66)33-64(45)55(72)51(57(3,4)5)62-47(68)34-78-28-27-77-26-25-76-24-23-75-22-21-74-20-19-73-18-7-10-39-8-6-9-41-32-65(54(71)48(39)41)49(44-30-42(58)15-16-46(44)67)53(70)63-56-59-17-29-79-56/h6,8-9,11-17,29-30,35-36,43,45,49,51,66-67H,18-28,31-34H2,1-5H3,(H,61,69)(H,62,68)(H,59,63,70)/t36-,43-,45+,49+,51+/m0/s1. The van der Waals surface area contributed by atoms with E-state index in [1.807, 2.05) is 58.9 Å². The summed E-state index contributed by atoms with van der Waals surface area (Å²) in [5.41, 5.74) is 5.25. The molecule has 5 N–H and O–H groups in total. The smallest absolute Gasteiger partial charge is 0.256 e. The van der Waals surface area contributed by atoms with E-state index < -0.39 is 59.1 Å². The van der Waals surface area contributed by atoms with Crippen LogP contribution in [-0.2, 0) is 54.1 Å². The number of benzene rings is 3. The van der Waals surface area contributed by atoms with Gasteiger partial charge in [-0.2, -0.15) is 0 Å². The van der Waals surface area contributed by atoms with Gasteiger partial charge in [-0.05, 0) is 60.2 Å². The molecule has 7 rings (SSSR count). The van der Waals surface area contributed by atoms with E-state index in [1.165, 1.54) is 27.3 Å². The van der Waals surface area contributed by atoms with Gasteiger partial charge in [0.25, 0.3) is 11.8 Å². The number of rotatable bonds is 28. The van der Waals surface area contributed by atoms with Crippen LogP contribution >= 0.6 is 22.7 Å². The predicted octanol–water partition coefficient (Wildman–Crippen LogP) is 5.58. The topological polar surface area (TPSA) is 250 Å². The minimum atomic E-state index is -1.36. The van der Waals surface area contributed by atoms with E-state index in [2.05, 4.69) is 37.8 Å². The van der Waals surface area contributed by atoms with Gasteiger partial charge >= 0.3 is 0 Å². The summed E-state index contributed by atoms with van der Waals surface area (Å²) < 4.78 is 47.7. The highest BCUT2D eigenvalue weighted by Crippen LogP contribution is 2.38. The maximum atomic E-state index is 14.4. The average molecular weight is 1140 g/mol. The van der Waals surface area contributed by atoms with Crippen LogP contribution in [0.3, 0.4) is 0 Å². The van der Waals surface area contributed by atoms with Crippen LogP contribution in [0.4, 0.5) is 9.52 Å². The zero-order chi connectivity index (χ0) is 57.2. The number of aromatic nitrogens is 2. The number of carbonyl (C=O) groups excluding carboxylic acids is 5. The Balaban J connectivity index is 0.708. The molecular formula is C57H68FN7O13S2. The van der Waals surface area contributed by atoms with Gasteiger partial charge in [-0.1, -0.05) is 69.0 Å². The van der Waals surface area contributed by atoms with Gasteiger partial charge in [0.15, 0.2) is 5.13 Å². The third-order valence-corrected chi connectivity index (χ3v) is 14.7. The average Bonchev–Trinajstić information content (AvgIpc) is 4.31. The van der Waals surface area contributed by atoms with E-state index in [0.29, 0.717) is 62.9 Å². The maximum Gasteiger partial charge on any atom is 0.256 e. The number of amides is 5. The Morgan fingerprint density at radius 1 is 0.863 bits per heavy atom. The summed E-state index contributed by atoms with van der Waals surface area (Å²) in [4.78, 5) is 80.2. The van der Waals surface area contributed by atoms with Crippen molar-refractivity contribution in [1.29, 1.82) is 0 Å². The molecule has 2 aromatic heterocycles. The first-order valence-corrected chi connectivity index (χ1v) is 27.9. The zero-order valence-corrected chi connectivity index (χ0v) is 47.0. The van der Waals surface area contributed by atoms with E-state index >= 15 is 0 Å². The Morgan fingerprint density at radius 2 is 1.52 bits per heavy atom. The highest BCUT2D eigenvalue weighted by Gasteiger charge is 2.45. The van der Waals surface area contributed by atoms with Crippen LogP contribution < -0.4 is 16.0 Å². The fourth-order valence-corrected chi connectivity index (χ4v) is 10.3. The summed E-state index contributed by atoms with van der Waals surface area (Å²) in [6, 6.07) is 12.7. The number of carbonyl (C=O) groups is 5. The van der Waals surface area contributed by atoms with Crippen LogP contribution in [0.25, 0.3) is 10.4 Å². The Bertz CT molecular complexity index is 2940. The van der Waals surface area contributed by atoms with Crippen molar-refractivity contribution in [3.63, 3.8) is 0 Å². The summed E-state index contributed by atoms with van der Waals surface area (Å²) in [5, 5.41) is 31.7. The summed E-state index contributed by atoms with van der Waals surface area (Å²) in [5.74, 6) is 2.37. The van der Waals surface area contributed by atoms with E-state index in [9.17, 15) is 38.6 Å². The number of aryl methyl sites for hydroxylation is 1. The number of phenolic OH excluding ortho intramolecular Hbond substituents is 1. The van der Waals surface area contributed by atoms with Gasteiger partial charge in [-0.25, -0.2) is 14.4 Å². The van der Waals surface area contributed by atoms with Crippen molar-refractivity contribution in [2.75, 3.05) is 91.1 Å². The van der Waals surface area contributed by atoms with Gasteiger partial charge in [-0.3, -0.25) is 29.3 Å². The molecule has 80 heavy (non-hydrogen) atoms. The SMILES string of the molecule is Cc1ncsc1-c1ccc([C@H](C)NC(=O)[C@H]2C[C@H](O)CN2C(=O)[C@@H](NC(=O)COCCOCCOCCOCCOCCOCC#Cc2cccc3c2C(=O)N([C@@H](C(=O)Nc2nccs2)c2cc(F)ccc2O)C3)C(C)(C)C)cc1. The lowest BCUT2D eigenvalue weighted by atomic mass is 9.85. The highest BCUT2D eigenvalue weighted by molar-refractivity contribution is 7.14. The second kappa shape index (κ2) is 29.7. The van der Waals surface area contributed by atoms with Gasteiger partial charge in [-0.15, -0.1) is 22.7 Å². The Labute approximate surface area is 472 Å². The number of fused-ring (bicyclic) bond motifs is 1. The Kier molecular flexibility index (Phi) is 22.6. The molecule has 3 aromatic carbocycles. The van der Waals surface area contributed by atoms with Crippen LogP contribution in [-0.4, -0.2) is 164 Å². The number of aliphatic hydroxyl groups is 1. The van der Waals surface area contributed by atoms with Crippen molar-refractivity contribution in [2.45, 2.75) is 77.9 Å². The third kappa shape index (κ3) is 16.9. The summed E-state index contributed by atoms with van der Waals surface area (Å²) in [7, 11) is 0. The van der Waals surface area contributed by atoms with Crippen molar-refractivity contribution < 1.29 is 67.0 Å². The molecule has 428 valence electrons. The number of thiazole rings is 2. The van der Waals surface area contributed by atoms with Gasteiger partial charge in [0.05, 0.1) is 99.9 Å². The molecular weight excluding hydrogens is 1070 g/mol. The number of hydrogen-bond acceptors (Lipinski definition) is 17. The van der Waals surface area contributed by atoms with Crippen LogP contribution in [0, 0.1) is 30.0 Å². The first-order valence-electron chi connectivity index (χ1n) is 26.2. The van der Waals surface area contributed by atoms with Gasteiger partial charge < -0.3 is 59.1 Å². The van der Waals surface area contributed by atoms with Crippen LogP contribution in [0.2, 0.25) is 0 Å². The number of β-amino-alcohol motifs (C(OH)–C–C–N with tert-alkyl or cyclic N) is 1. The monoisotopic (exact) mass is 1140 g/mol. The maximum absolute atomic E-state index is 14.4. The lowest BCUT2D eigenvalue weighted by molar-refractivity contribution is -0.144. The van der Waals surface area contributed by atoms with Crippen LogP contribution in [0.1, 0.15) is 84.5 Å². The molecule has 23 heteroatoms. The predicted molar refractivity (Wildman–Crippen MR) is 296 cm³/mol. The molecule has 20 nitrogen and oxygen atoms in total. The lowest BCUT2D eigenvalue weighted by Gasteiger charge is -2.35. The molecule has 5 aromatic rings. The molecule has 4 heterocycles. The Hall–Kier alpha value is -6.72. The first kappa shape index (κ1) is 60.9. The molecule has 5 amide bonds. The molecule has 2 aliphatic rings. The zero-order valence-electron chi connectivity index (χ0n) is 45.4. The number of ether oxygens (including phenoxy) is 6. The minimum absolute atomic E-state index is 0.0277. The third-order valence-electron chi connectivity index (χ3n) is 13.0. The van der Waals surface area contributed by atoms with Crippen molar-refractivity contribution in [3.05, 3.63) is 117 Å². The highest BCUT2D eigenvalue weighted by atomic mass is 32.1. The first-order chi connectivity index (χ1) is 38.5. The second-order valence-corrected chi connectivity index (χ2v) is 21.7. The molecule has 5 atom stereocenters. The van der Waals surface area contributed by atoms with E-state index in [4.69, 9.17) is 28.4 Å². The van der Waals surface area contributed by atoms with E-state index in [1.54, 1.807) is 40.4 Å². The van der Waals surface area contributed by atoms with Crippen molar-refractivity contribution in [3.8, 4) is 28.0 Å². The largest absolute Gasteiger partial charge is 0.508 e. The van der Waals surface area contributed by atoms with Gasteiger partial charge in [0.2, 0.25) is 17.7 Å². The van der Waals surface area contributed by atoms with Crippen molar-refractivity contribution in [1.82, 2.24) is 30.4 Å². The number of anilines is 1. The Morgan fingerprint density at radius 3 is 2.15 bits per heavy atom. The molecule has 0 aliphatic carbocycles. The van der Waals surface area contributed by atoms with Gasteiger partial charge in [0, 0.05) is 42.2 Å². The lowest BCUT2D eigenvalue weighted by Crippen LogP contribution is -2.58. The fourth-order valence-electron chi connectivity index (χ4n) is 8.99. The number of hydrogen-bond donors (Lipinski definition) is 5. The number of nitrogens with zero attached hydrogens (tertiary/aromatic N) is 4. The van der Waals surface area contributed by atoms with Crippen LogP contribution in [0.5, 0.6) is 5.75 Å². The van der Waals surface area contributed by atoms with E-state index in [0.717, 1.165) is 39.9 Å². The number of phenols is 1. The minimum Gasteiger partial charge on any atom is -0.508 e. The molecule has 1 fully saturated rings. The van der Waals surface area contributed by atoms with Crippen molar-refractivity contribution >= 4 is 57.3 Å². The number of aromatic hydroxyl groups is 1. The fraction of sp³-hybridized carbons (Fsp3) is 0.456. The quantitative estimate of drug-likeness (QED) is 0.0303. The number of likely N-dealkylation sites (tertiary alicyclic amines) is 1. The molecule has 0 bridgehead atoms. The molecule has 0 saturated carbocycles. The molecule has 2 aliphatic heterocycles. The summed E-state index contributed by atoms with van der Waals surface area (Å²) >= 11 is 2.74. The van der Waals surface area contributed by atoms with Crippen LogP contribution in [0.15, 0.2) is 77.8 Å². The molecule has 0 unspecified atom stereocenters. The van der Waals surface area contributed by atoms with Gasteiger partial charge in [0.1, 0.15) is 42.9 Å². The molecule has 0 spiro atoms. The van der Waals surface area contributed by atoms with E-state index in [-0.39, 0.29) is 80.9 Å². The summed E-state index contributed by atoms with van der Waals surface area (Å²) in [6.07, 6.45) is 0.686. The normalized spacial score (nSPS) is 16.2. The summed E-state index contributed by atoms with van der Waals surface area (Å²) in [6.45, 7) is 11.9. The second-order valence-electron chi connectivity index (χ2n) is 19.9. The number of aliphatic hydroxyl groups excluding tert-OH is 1. The molecule has 0 radical (unpaired) electrons. The molecule has 1 saturated heterocycles.